The van der Waals surface area contributed by atoms with Crippen molar-refractivity contribution in [1.29, 1.82) is 0 Å². The molecule has 2 rings (SSSR count). The lowest BCUT2D eigenvalue weighted by Crippen LogP contribution is -2.52. The van der Waals surface area contributed by atoms with Crippen LogP contribution in [0.15, 0.2) is 54.6 Å². The van der Waals surface area contributed by atoms with Crippen LogP contribution in [0.3, 0.4) is 0 Å². The van der Waals surface area contributed by atoms with E-state index in [4.69, 9.17) is 4.74 Å². The van der Waals surface area contributed by atoms with Crippen LogP contribution in [0.1, 0.15) is 26.3 Å². The number of para-hydroxylation sites is 1. The van der Waals surface area contributed by atoms with Crippen molar-refractivity contribution in [2.45, 2.75) is 45.1 Å². The Hall–Kier alpha value is -1.88. The van der Waals surface area contributed by atoms with Gasteiger partial charge in [0, 0.05) is 6.54 Å². The van der Waals surface area contributed by atoms with E-state index in [1.165, 1.54) is 0 Å². The molecule has 0 heterocycles. The first-order chi connectivity index (χ1) is 10.9. The van der Waals surface area contributed by atoms with E-state index >= 15 is 0 Å². The van der Waals surface area contributed by atoms with Gasteiger partial charge in [-0.05, 0) is 50.6 Å². The Morgan fingerprint density at radius 3 is 2.09 bits per heavy atom. The SMILES string of the molecule is CC(O)C(NCc1ccc(Oc2ccccc2)cc1)C(C)(C)O. The molecule has 0 spiro atoms. The molecule has 0 radical (unpaired) electrons. The van der Waals surface area contributed by atoms with E-state index in [0.29, 0.717) is 6.54 Å². The van der Waals surface area contributed by atoms with Crippen LogP contribution in [0.4, 0.5) is 0 Å². The molecule has 0 amide bonds. The van der Waals surface area contributed by atoms with Crippen molar-refractivity contribution in [3.63, 3.8) is 0 Å². The molecule has 0 aliphatic rings. The molecule has 0 fully saturated rings. The minimum absolute atomic E-state index is 0.400. The van der Waals surface area contributed by atoms with Gasteiger partial charge in [-0.1, -0.05) is 30.3 Å². The van der Waals surface area contributed by atoms with Gasteiger partial charge in [0.15, 0.2) is 0 Å². The number of aliphatic hydroxyl groups is 2. The predicted octanol–water partition coefficient (Wildman–Crippen LogP) is 3.09. The van der Waals surface area contributed by atoms with Gasteiger partial charge in [0.2, 0.25) is 0 Å². The van der Waals surface area contributed by atoms with Gasteiger partial charge in [-0.2, -0.15) is 0 Å². The summed E-state index contributed by atoms with van der Waals surface area (Å²) in [6.45, 7) is 5.61. The molecule has 2 atom stereocenters. The lowest BCUT2D eigenvalue weighted by atomic mass is 9.94. The van der Waals surface area contributed by atoms with Gasteiger partial charge in [-0.25, -0.2) is 0 Å². The minimum atomic E-state index is -0.996. The molecule has 124 valence electrons. The average Bonchev–Trinajstić information content (AvgIpc) is 2.48. The van der Waals surface area contributed by atoms with Gasteiger partial charge in [-0.3, -0.25) is 0 Å². The third kappa shape index (κ3) is 5.36. The number of nitrogens with one attached hydrogen (secondary N) is 1. The molecule has 0 aliphatic carbocycles. The van der Waals surface area contributed by atoms with Crippen LogP contribution < -0.4 is 10.1 Å². The van der Waals surface area contributed by atoms with Gasteiger partial charge in [0.25, 0.3) is 0 Å². The van der Waals surface area contributed by atoms with Crippen LogP contribution in [-0.2, 0) is 6.54 Å². The first kappa shape index (κ1) is 17.5. The van der Waals surface area contributed by atoms with Crippen molar-refractivity contribution >= 4 is 0 Å². The smallest absolute Gasteiger partial charge is 0.127 e. The molecule has 23 heavy (non-hydrogen) atoms. The zero-order valence-electron chi connectivity index (χ0n) is 13.9. The Kier molecular flexibility index (Phi) is 5.77. The molecule has 2 aromatic carbocycles. The van der Waals surface area contributed by atoms with Crippen LogP contribution in [0, 0.1) is 0 Å². The molecule has 4 heteroatoms. The highest BCUT2D eigenvalue weighted by Gasteiger charge is 2.30. The first-order valence-corrected chi connectivity index (χ1v) is 7.82. The van der Waals surface area contributed by atoms with Crippen molar-refractivity contribution < 1.29 is 14.9 Å². The second-order valence-corrected chi connectivity index (χ2v) is 6.31. The van der Waals surface area contributed by atoms with Crippen LogP contribution >= 0.6 is 0 Å². The fourth-order valence-corrected chi connectivity index (χ4v) is 2.54. The van der Waals surface area contributed by atoms with Gasteiger partial charge >= 0.3 is 0 Å². The number of benzene rings is 2. The van der Waals surface area contributed by atoms with E-state index in [2.05, 4.69) is 5.32 Å². The molecule has 0 aromatic heterocycles. The Balaban J connectivity index is 1.95. The second-order valence-electron chi connectivity index (χ2n) is 6.31. The zero-order valence-corrected chi connectivity index (χ0v) is 13.9. The summed E-state index contributed by atoms with van der Waals surface area (Å²) >= 11 is 0. The van der Waals surface area contributed by atoms with Gasteiger partial charge in [-0.15, -0.1) is 0 Å². The summed E-state index contributed by atoms with van der Waals surface area (Å²) in [5, 5.41) is 23.1. The van der Waals surface area contributed by atoms with E-state index in [-0.39, 0.29) is 0 Å². The number of hydrogen-bond donors (Lipinski definition) is 3. The Morgan fingerprint density at radius 2 is 1.57 bits per heavy atom. The number of rotatable bonds is 7. The summed E-state index contributed by atoms with van der Waals surface area (Å²) in [6.07, 6.45) is -0.643. The lowest BCUT2D eigenvalue weighted by molar-refractivity contribution is -0.0151. The van der Waals surface area contributed by atoms with Gasteiger partial charge in [0.1, 0.15) is 11.5 Å². The van der Waals surface area contributed by atoms with Crippen LogP contribution in [0.5, 0.6) is 11.5 Å². The third-order valence-corrected chi connectivity index (χ3v) is 3.67. The van der Waals surface area contributed by atoms with Crippen molar-refractivity contribution in [1.82, 2.24) is 5.32 Å². The zero-order chi connectivity index (χ0) is 16.9. The Morgan fingerprint density at radius 1 is 1.00 bits per heavy atom. The molecule has 0 bridgehead atoms. The summed E-state index contributed by atoms with van der Waals surface area (Å²) in [7, 11) is 0. The molecule has 0 saturated heterocycles. The van der Waals surface area contributed by atoms with Crippen molar-refractivity contribution in [2.24, 2.45) is 0 Å². The van der Waals surface area contributed by atoms with E-state index in [0.717, 1.165) is 17.1 Å². The summed E-state index contributed by atoms with van der Waals surface area (Å²) in [5.41, 5.74) is 0.0603. The van der Waals surface area contributed by atoms with E-state index < -0.39 is 17.7 Å². The quantitative estimate of drug-likeness (QED) is 0.735. The molecule has 0 aliphatic heterocycles. The van der Waals surface area contributed by atoms with Gasteiger partial charge < -0.3 is 20.3 Å². The topological polar surface area (TPSA) is 61.7 Å². The summed E-state index contributed by atoms with van der Waals surface area (Å²) in [5.74, 6) is 1.57. The van der Waals surface area contributed by atoms with E-state index in [9.17, 15) is 10.2 Å². The largest absolute Gasteiger partial charge is 0.457 e. The normalized spacial score (nSPS) is 14.3. The minimum Gasteiger partial charge on any atom is -0.457 e. The standard InChI is InChI=1S/C19H25NO3/c1-14(21)18(19(2,3)22)20-13-15-9-11-17(12-10-15)23-16-7-5-4-6-8-16/h4-12,14,18,20-22H,13H2,1-3H3. The maximum absolute atomic E-state index is 10.1. The molecule has 4 nitrogen and oxygen atoms in total. The third-order valence-electron chi connectivity index (χ3n) is 3.67. The number of hydrogen-bond acceptors (Lipinski definition) is 4. The molecule has 2 aromatic rings. The maximum Gasteiger partial charge on any atom is 0.127 e. The van der Waals surface area contributed by atoms with Crippen LogP contribution in [0.25, 0.3) is 0 Å². The predicted molar refractivity (Wildman–Crippen MR) is 91.6 cm³/mol. The van der Waals surface area contributed by atoms with E-state index in [1.54, 1.807) is 20.8 Å². The van der Waals surface area contributed by atoms with Gasteiger partial charge in [0.05, 0.1) is 17.7 Å². The average molecular weight is 315 g/mol. The Bertz CT molecular complexity index is 588. The fraction of sp³-hybridized carbons (Fsp3) is 0.368. The highest BCUT2D eigenvalue weighted by Crippen LogP contribution is 2.21. The molecule has 0 saturated carbocycles. The lowest BCUT2D eigenvalue weighted by Gasteiger charge is -2.32. The van der Waals surface area contributed by atoms with Crippen molar-refractivity contribution in [2.75, 3.05) is 0 Å². The maximum atomic E-state index is 10.1. The molecular weight excluding hydrogens is 290 g/mol. The van der Waals surface area contributed by atoms with Crippen molar-refractivity contribution in [3.05, 3.63) is 60.2 Å². The summed E-state index contributed by atoms with van der Waals surface area (Å²) in [6, 6.07) is 17.0. The van der Waals surface area contributed by atoms with Crippen molar-refractivity contribution in [3.8, 4) is 11.5 Å². The highest BCUT2D eigenvalue weighted by molar-refractivity contribution is 5.32. The second kappa shape index (κ2) is 7.59. The molecular formula is C19H25NO3. The number of aliphatic hydroxyl groups excluding tert-OH is 1. The first-order valence-electron chi connectivity index (χ1n) is 7.82. The Labute approximate surface area is 137 Å². The highest BCUT2D eigenvalue weighted by atomic mass is 16.5. The van der Waals surface area contributed by atoms with Crippen LogP contribution in [-0.4, -0.2) is 28.0 Å². The van der Waals surface area contributed by atoms with E-state index in [1.807, 2.05) is 54.6 Å². The molecule has 3 N–H and O–H groups in total. The fourth-order valence-electron chi connectivity index (χ4n) is 2.54. The monoisotopic (exact) mass is 315 g/mol. The number of ether oxygens (including phenoxy) is 1. The van der Waals surface area contributed by atoms with Crippen LogP contribution in [0.2, 0.25) is 0 Å². The summed E-state index contributed by atoms with van der Waals surface area (Å²) in [4.78, 5) is 0. The molecule has 2 unspecified atom stereocenters. The summed E-state index contributed by atoms with van der Waals surface area (Å²) < 4.78 is 5.75.